The number of H-pyrrole nitrogens is 1. The number of imidazole rings is 1. The van der Waals surface area contributed by atoms with Gasteiger partial charge in [0.25, 0.3) is 0 Å². The molecule has 1 N–H and O–H groups in total. The largest absolute Gasteiger partial charge is 0.329 e. The van der Waals surface area contributed by atoms with Gasteiger partial charge in [0.2, 0.25) is 0 Å². The molecule has 2 heterocycles. The van der Waals surface area contributed by atoms with Crippen LogP contribution in [-0.4, -0.2) is 14.5 Å². The summed E-state index contributed by atoms with van der Waals surface area (Å²) in [6, 6.07) is 12.9. The van der Waals surface area contributed by atoms with Crippen molar-refractivity contribution in [3.63, 3.8) is 0 Å². The first-order valence-corrected chi connectivity index (χ1v) is 8.15. The number of fused-ring (bicyclic) bond motifs is 1. The SMILES string of the molecule is CC(CCc1ccccc1)n1c(=S)[nH]c2cc(Br)cnc21. The molecular weight excluding hydrogens is 346 g/mol. The van der Waals surface area contributed by atoms with E-state index >= 15 is 0 Å². The maximum absolute atomic E-state index is 5.46. The van der Waals surface area contributed by atoms with Crippen LogP contribution in [-0.2, 0) is 6.42 Å². The van der Waals surface area contributed by atoms with E-state index in [1.165, 1.54) is 5.56 Å². The molecule has 0 aliphatic heterocycles. The van der Waals surface area contributed by atoms with Crippen LogP contribution in [0.2, 0.25) is 0 Å². The first-order valence-electron chi connectivity index (χ1n) is 6.95. The Bertz CT molecular complexity index is 807. The van der Waals surface area contributed by atoms with Gasteiger partial charge < -0.3 is 4.98 Å². The highest BCUT2D eigenvalue weighted by Crippen LogP contribution is 2.23. The minimum atomic E-state index is 0.306. The number of hydrogen-bond acceptors (Lipinski definition) is 2. The molecule has 3 nitrogen and oxygen atoms in total. The molecule has 0 aliphatic carbocycles. The number of rotatable bonds is 4. The summed E-state index contributed by atoms with van der Waals surface area (Å²) in [6.07, 6.45) is 3.88. The maximum Gasteiger partial charge on any atom is 0.179 e. The second-order valence-electron chi connectivity index (χ2n) is 5.20. The van der Waals surface area contributed by atoms with E-state index in [1.54, 1.807) is 0 Å². The normalized spacial score (nSPS) is 12.7. The summed E-state index contributed by atoms with van der Waals surface area (Å²) in [5.41, 5.74) is 3.25. The lowest BCUT2D eigenvalue weighted by molar-refractivity contribution is 0.511. The molecule has 1 unspecified atom stereocenters. The fraction of sp³-hybridized carbons (Fsp3) is 0.250. The van der Waals surface area contributed by atoms with Gasteiger partial charge in [-0.1, -0.05) is 30.3 Å². The number of aromatic nitrogens is 3. The van der Waals surface area contributed by atoms with Gasteiger partial charge in [0.1, 0.15) is 0 Å². The minimum absolute atomic E-state index is 0.306. The summed E-state index contributed by atoms with van der Waals surface area (Å²) in [6.45, 7) is 2.19. The molecule has 21 heavy (non-hydrogen) atoms. The third-order valence-corrected chi connectivity index (χ3v) is 4.39. The van der Waals surface area contributed by atoms with E-state index in [4.69, 9.17) is 12.2 Å². The Morgan fingerprint density at radius 2 is 2.10 bits per heavy atom. The van der Waals surface area contributed by atoms with E-state index < -0.39 is 0 Å². The van der Waals surface area contributed by atoms with Gasteiger partial charge in [0, 0.05) is 16.7 Å². The van der Waals surface area contributed by atoms with Crippen LogP contribution in [0.5, 0.6) is 0 Å². The van der Waals surface area contributed by atoms with Gasteiger partial charge in [-0.3, -0.25) is 4.57 Å². The van der Waals surface area contributed by atoms with Gasteiger partial charge in [0.05, 0.1) is 5.52 Å². The zero-order chi connectivity index (χ0) is 14.8. The molecule has 0 amide bonds. The molecule has 3 rings (SSSR count). The lowest BCUT2D eigenvalue weighted by Gasteiger charge is -2.14. The first kappa shape index (κ1) is 14.5. The van der Waals surface area contributed by atoms with E-state index in [2.05, 4.69) is 61.7 Å². The number of halogens is 1. The predicted molar refractivity (Wildman–Crippen MR) is 92.1 cm³/mol. The van der Waals surface area contributed by atoms with Crippen LogP contribution in [0.4, 0.5) is 0 Å². The van der Waals surface area contributed by atoms with Crippen molar-refractivity contribution in [2.45, 2.75) is 25.8 Å². The Kier molecular flexibility index (Phi) is 4.22. The van der Waals surface area contributed by atoms with Gasteiger partial charge in [0.15, 0.2) is 10.4 Å². The van der Waals surface area contributed by atoms with Crippen LogP contribution in [0.1, 0.15) is 24.9 Å². The van der Waals surface area contributed by atoms with Crippen LogP contribution >= 0.6 is 28.1 Å². The van der Waals surface area contributed by atoms with Gasteiger partial charge in [-0.2, -0.15) is 0 Å². The van der Waals surface area contributed by atoms with Crippen LogP contribution in [0.3, 0.4) is 0 Å². The van der Waals surface area contributed by atoms with Crippen molar-refractivity contribution in [2.24, 2.45) is 0 Å². The molecular formula is C16H16BrN3S. The topological polar surface area (TPSA) is 33.6 Å². The molecule has 108 valence electrons. The van der Waals surface area contributed by atoms with Crippen LogP contribution in [0.25, 0.3) is 11.2 Å². The molecule has 0 saturated heterocycles. The van der Waals surface area contributed by atoms with Crippen molar-refractivity contribution in [1.29, 1.82) is 0 Å². The smallest absolute Gasteiger partial charge is 0.179 e. The second kappa shape index (κ2) is 6.12. The Balaban J connectivity index is 1.86. The first-order chi connectivity index (χ1) is 10.1. The van der Waals surface area contributed by atoms with Gasteiger partial charge in [-0.25, -0.2) is 4.98 Å². The Morgan fingerprint density at radius 3 is 2.86 bits per heavy atom. The number of aromatic amines is 1. The molecule has 0 saturated carbocycles. The van der Waals surface area contributed by atoms with Gasteiger partial charge in [-0.05, 0) is 59.5 Å². The van der Waals surface area contributed by atoms with Crippen molar-refractivity contribution in [3.8, 4) is 0 Å². The number of aryl methyl sites for hydroxylation is 1. The van der Waals surface area contributed by atoms with Crippen molar-refractivity contribution >= 4 is 39.3 Å². The van der Waals surface area contributed by atoms with Crippen LogP contribution < -0.4 is 0 Å². The maximum atomic E-state index is 5.46. The van der Waals surface area contributed by atoms with Crippen molar-refractivity contribution in [2.75, 3.05) is 0 Å². The van der Waals surface area contributed by atoms with E-state index in [-0.39, 0.29) is 0 Å². The Hall–Kier alpha value is -1.46. The standard InChI is InChI=1S/C16H16BrN3S/c1-11(7-8-12-5-3-2-4-6-12)20-15-14(19-16(20)21)9-13(17)10-18-15/h2-6,9-11H,7-8H2,1H3,(H,19,21). The van der Waals surface area contributed by atoms with Crippen molar-refractivity contribution in [3.05, 3.63) is 57.4 Å². The molecule has 0 aliphatic rings. The molecule has 0 spiro atoms. The summed E-state index contributed by atoms with van der Waals surface area (Å²) in [5.74, 6) is 0. The number of pyridine rings is 1. The van der Waals surface area contributed by atoms with E-state index in [9.17, 15) is 0 Å². The average Bonchev–Trinajstić information content (AvgIpc) is 2.81. The molecule has 5 heteroatoms. The van der Waals surface area contributed by atoms with E-state index in [1.807, 2.05) is 18.3 Å². The van der Waals surface area contributed by atoms with Crippen LogP contribution in [0.15, 0.2) is 47.1 Å². The summed E-state index contributed by atoms with van der Waals surface area (Å²) >= 11 is 8.89. The molecule has 2 aromatic heterocycles. The average molecular weight is 362 g/mol. The zero-order valence-electron chi connectivity index (χ0n) is 11.7. The molecule has 3 aromatic rings. The summed E-state index contributed by atoms with van der Waals surface area (Å²) in [4.78, 5) is 7.73. The number of nitrogens with zero attached hydrogens (tertiary/aromatic N) is 2. The summed E-state index contributed by atoms with van der Waals surface area (Å²) < 4.78 is 3.80. The van der Waals surface area contributed by atoms with Gasteiger partial charge in [-0.15, -0.1) is 0 Å². The van der Waals surface area contributed by atoms with E-state index in [0.717, 1.165) is 33.2 Å². The minimum Gasteiger partial charge on any atom is -0.329 e. The third kappa shape index (κ3) is 3.09. The molecule has 1 atom stereocenters. The van der Waals surface area contributed by atoms with Crippen LogP contribution in [0, 0.1) is 4.77 Å². The number of benzene rings is 1. The quantitative estimate of drug-likeness (QED) is 0.659. The monoisotopic (exact) mass is 361 g/mol. The second-order valence-corrected chi connectivity index (χ2v) is 6.50. The molecule has 1 aromatic carbocycles. The molecule has 0 bridgehead atoms. The predicted octanol–water partition coefficient (Wildman–Crippen LogP) is 5.05. The highest BCUT2D eigenvalue weighted by Gasteiger charge is 2.12. The van der Waals surface area contributed by atoms with Crippen molar-refractivity contribution < 1.29 is 0 Å². The third-order valence-electron chi connectivity index (χ3n) is 3.66. The Morgan fingerprint density at radius 1 is 1.33 bits per heavy atom. The molecule has 0 radical (unpaired) electrons. The highest BCUT2D eigenvalue weighted by atomic mass is 79.9. The van der Waals surface area contributed by atoms with E-state index in [0.29, 0.717) is 6.04 Å². The number of hydrogen-bond donors (Lipinski definition) is 1. The summed E-state index contributed by atoms with van der Waals surface area (Å²) in [5, 5.41) is 0. The lowest BCUT2D eigenvalue weighted by Crippen LogP contribution is -2.07. The highest BCUT2D eigenvalue weighted by molar-refractivity contribution is 9.10. The van der Waals surface area contributed by atoms with Crippen molar-refractivity contribution in [1.82, 2.24) is 14.5 Å². The molecule has 0 fully saturated rings. The number of nitrogens with one attached hydrogen (secondary N) is 1. The fourth-order valence-corrected chi connectivity index (χ4v) is 3.25. The fourth-order valence-electron chi connectivity index (χ4n) is 2.55. The Labute approximate surface area is 137 Å². The zero-order valence-corrected chi connectivity index (χ0v) is 14.1. The lowest BCUT2D eigenvalue weighted by atomic mass is 10.1. The summed E-state index contributed by atoms with van der Waals surface area (Å²) in [7, 11) is 0. The van der Waals surface area contributed by atoms with Gasteiger partial charge >= 0.3 is 0 Å².